The Morgan fingerprint density at radius 1 is 1.48 bits per heavy atom. The van der Waals surface area contributed by atoms with E-state index in [9.17, 15) is 9.90 Å². The molecule has 1 heterocycles. The van der Waals surface area contributed by atoms with Crippen molar-refractivity contribution in [3.8, 4) is 11.4 Å². The molecule has 1 aromatic carbocycles. The summed E-state index contributed by atoms with van der Waals surface area (Å²) in [6.45, 7) is 6.38. The number of halogens is 1. The summed E-state index contributed by atoms with van der Waals surface area (Å²) in [5.41, 5.74) is 1.63. The highest BCUT2D eigenvalue weighted by Gasteiger charge is 2.19. The minimum atomic E-state index is -1.09. The SMILES string of the molecule is Cc1cnn(-c2ccc(C(=O)O)c(Cl)c2OCC(C)C)c1. The van der Waals surface area contributed by atoms with Crippen molar-refractivity contribution >= 4 is 17.6 Å². The lowest BCUT2D eigenvalue weighted by Gasteiger charge is -2.16. The van der Waals surface area contributed by atoms with Gasteiger partial charge < -0.3 is 9.84 Å². The first-order valence-corrected chi connectivity index (χ1v) is 6.98. The number of nitrogens with zero attached hydrogens (tertiary/aromatic N) is 2. The average Bonchev–Trinajstić information content (AvgIpc) is 2.82. The number of carboxylic acid groups (broad SMARTS) is 1. The molecule has 0 aliphatic heterocycles. The molecule has 0 aliphatic carbocycles. The van der Waals surface area contributed by atoms with Crippen molar-refractivity contribution in [1.29, 1.82) is 0 Å². The average molecular weight is 309 g/mol. The fourth-order valence-corrected chi connectivity index (χ4v) is 2.12. The van der Waals surface area contributed by atoms with Crippen molar-refractivity contribution in [2.45, 2.75) is 20.8 Å². The maximum absolute atomic E-state index is 11.2. The van der Waals surface area contributed by atoms with Crippen LogP contribution in [-0.4, -0.2) is 27.5 Å². The van der Waals surface area contributed by atoms with Gasteiger partial charge in [0.25, 0.3) is 0 Å². The molecule has 0 fully saturated rings. The number of aromatic carboxylic acids is 1. The molecule has 0 bridgehead atoms. The van der Waals surface area contributed by atoms with Crippen LogP contribution in [0, 0.1) is 12.8 Å². The number of hydrogen-bond acceptors (Lipinski definition) is 3. The first kappa shape index (κ1) is 15.4. The van der Waals surface area contributed by atoms with Gasteiger partial charge in [-0.2, -0.15) is 5.10 Å². The third-order valence-corrected chi connectivity index (χ3v) is 3.20. The monoisotopic (exact) mass is 308 g/mol. The van der Waals surface area contributed by atoms with Crippen LogP contribution in [0.5, 0.6) is 5.75 Å². The summed E-state index contributed by atoms with van der Waals surface area (Å²) >= 11 is 6.20. The minimum absolute atomic E-state index is 0.0167. The molecule has 2 rings (SSSR count). The summed E-state index contributed by atoms with van der Waals surface area (Å²) in [5, 5.41) is 13.5. The van der Waals surface area contributed by atoms with Gasteiger partial charge in [-0.15, -0.1) is 0 Å². The van der Waals surface area contributed by atoms with Crippen LogP contribution in [0.25, 0.3) is 5.69 Å². The molecule has 5 nitrogen and oxygen atoms in total. The highest BCUT2D eigenvalue weighted by atomic mass is 35.5. The van der Waals surface area contributed by atoms with Gasteiger partial charge in [0.05, 0.1) is 23.4 Å². The smallest absolute Gasteiger partial charge is 0.337 e. The molecule has 1 aromatic heterocycles. The molecule has 0 aliphatic rings. The van der Waals surface area contributed by atoms with Crippen LogP contribution in [-0.2, 0) is 0 Å². The number of carbonyl (C=O) groups is 1. The Morgan fingerprint density at radius 2 is 2.19 bits per heavy atom. The highest BCUT2D eigenvalue weighted by molar-refractivity contribution is 6.35. The third-order valence-electron chi connectivity index (χ3n) is 2.83. The predicted molar refractivity (Wildman–Crippen MR) is 80.6 cm³/mol. The van der Waals surface area contributed by atoms with E-state index in [1.807, 2.05) is 27.0 Å². The van der Waals surface area contributed by atoms with Gasteiger partial charge in [0.15, 0.2) is 5.75 Å². The Labute approximate surface area is 128 Å². The van der Waals surface area contributed by atoms with E-state index in [0.29, 0.717) is 24.0 Å². The van der Waals surface area contributed by atoms with Gasteiger partial charge in [0.1, 0.15) is 5.69 Å². The van der Waals surface area contributed by atoms with E-state index >= 15 is 0 Å². The van der Waals surface area contributed by atoms with E-state index < -0.39 is 5.97 Å². The first-order chi connectivity index (χ1) is 9.90. The van der Waals surface area contributed by atoms with Gasteiger partial charge in [-0.25, -0.2) is 9.48 Å². The summed E-state index contributed by atoms with van der Waals surface area (Å²) in [5.74, 6) is -0.451. The maximum atomic E-state index is 11.2. The lowest BCUT2D eigenvalue weighted by atomic mass is 10.1. The standard InChI is InChI=1S/C15H17ClN2O3/c1-9(2)8-21-14-12(18-7-10(3)6-17-18)5-4-11(13(14)16)15(19)20/h4-7,9H,8H2,1-3H3,(H,19,20). The summed E-state index contributed by atoms with van der Waals surface area (Å²) in [6.07, 6.45) is 3.54. The molecule has 1 N–H and O–H groups in total. The van der Waals surface area contributed by atoms with E-state index in [-0.39, 0.29) is 10.6 Å². The molecule has 6 heteroatoms. The van der Waals surface area contributed by atoms with Crippen molar-refractivity contribution in [2.75, 3.05) is 6.61 Å². The number of aryl methyl sites for hydroxylation is 1. The Morgan fingerprint density at radius 3 is 2.71 bits per heavy atom. The first-order valence-electron chi connectivity index (χ1n) is 6.60. The number of hydrogen-bond donors (Lipinski definition) is 1. The number of aromatic nitrogens is 2. The van der Waals surface area contributed by atoms with Crippen molar-refractivity contribution < 1.29 is 14.6 Å². The number of rotatable bonds is 5. The zero-order chi connectivity index (χ0) is 15.6. The van der Waals surface area contributed by atoms with Crippen LogP contribution in [0.3, 0.4) is 0 Å². The number of carboxylic acids is 1. The predicted octanol–water partition coefficient (Wildman–Crippen LogP) is 3.57. The Kier molecular flexibility index (Phi) is 4.53. The van der Waals surface area contributed by atoms with E-state index in [1.165, 1.54) is 6.07 Å². The van der Waals surface area contributed by atoms with Gasteiger partial charge in [0, 0.05) is 6.20 Å². The second-order valence-corrected chi connectivity index (χ2v) is 5.63. The lowest BCUT2D eigenvalue weighted by molar-refractivity contribution is 0.0696. The van der Waals surface area contributed by atoms with Crippen LogP contribution < -0.4 is 4.74 Å². The van der Waals surface area contributed by atoms with Crippen LogP contribution in [0.15, 0.2) is 24.5 Å². The molecule has 0 amide bonds. The Balaban J connectivity index is 2.53. The number of ether oxygens (including phenoxy) is 1. The van der Waals surface area contributed by atoms with Crippen molar-refractivity contribution in [3.05, 3.63) is 40.7 Å². The molecule has 0 atom stereocenters. The minimum Gasteiger partial charge on any atom is -0.489 e. The normalized spacial score (nSPS) is 10.9. The van der Waals surface area contributed by atoms with Gasteiger partial charge in [-0.05, 0) is 30.5 Å². The molecule has 0 radical (unpaired) electrons. The van der Waals surface area contributed by atoms with Crippen LogP contribution in [0.1, 0.15) is 29.8 Å². The molecule has 21 heavy (non-hydrogen) atoms. The fraction of sp³-hybridized carbons (Fsp3) is 0.333. The molecule has 2 aromatic rings. The molecular formula is C15H17ClN2O3. The van der Waals surface area contributed by atoms with Crippen LogP contribution in [0.4, 0.5) is 0 Å². The van der Waals surface area contributed by atoms with E-state index in [0.717, 1.165) is 5.56 Å². The third kappa shape index (κ3) is 3.36. The lowest BCUT2D eigenvalue weighted by Crippen LogP contribution is -2.10. The van der Waals surface area contributed by atoms with E-state index in [2.05, 4.69) is 5.10 Å². The second kappa shape index (κ2) is 6.18. The van der Waals surface area contributed by atoms with Gasteiger partial charge >= 0.3 is 5.97 Å². The summed E-state index contributed by atoms with van der Waals surface area (Å²) in [7, 11) is 0. The topological polar surface area (TPSA) is 64.4 Å². The summed E-state index contributed by atoms with van der Waals surface area (Å²) in [6, 6.07) is 3.11. The zero-order valence-corrected chi connectivity index (χ0v) is 12.9. The van der Waals surface area contributed by atoms with Gasteiger partial charge in [-0.3, -0.25) is 0 Å². The fourth-order valence-electron chi connectivity index (χ4n) is 1.82. The van der Waals surface area contributed by atoms with Gasteiger partial charge in [0.2, 0.25) is 0 Å². The van der Waals surface area contributed by atoms with Crippen molar-refractivity contribution in [2.24, 2.45) is 5.92 Å². The quantitative estimate of drug-likeness (QED) is 0.917. The van der Waals surface area contributed by atoms with Crippen LogP contribution >= 0.6 is 11.6 Å². The van der Waals surface area contributed by atoms with Crippen molar-refractivity contribution in [3.63, 3.8) is 0 Å². The highest BCUT2D eigenvalue weighted by Crippen LogP contribution is 2.35. The molecule has 0 saturated heterocycles. The van der Waals surface area contributed by atoms with E-state index in [4.69, 9.17) is 16.3 Å². The zero-order valence-electron chi connectivity index (χ0n) is 12.1. The van der Waals surface area contributed by atoms with E-state index in [1.54, 1.807) is 16.9 Å². The molecule has 0 unspecified atom stereocenters. The Hall–Kier alpha value is -2.01. The second-order valence-electron chi connectivity index (χ2n) is 5.25. The molecule has 0 saturated carbocycles. The molecular weight excluding hydrogens is 292 g/mol. The van der Waals surface area contributed by atoms with Crippen molar-refractivity contribution in [1.82, 2.24) is 9.78 Å². The summed E-state index contributed by atoms with van der Waals surface area (Å²) in [4.78, 5) is 11.2. The Bertz CT molecular complexity index is 665. The number of benzene rings is 1. The largest absolute Gasteiger partial charge is 0.489 e. The maximum Gasteiger partial charge on any atom is 0.337 e. The summed E-state index contributed by atoms with van der Waals surface area (Å²) < 4.78 is 7.36. The van der Waals surface area contributed by atoms with Crippen LogP contribution in [0.2, 0.25) is 5.02 Å². The van der Waals surface area contributed by atoms with Gasteiger partial charge in [-0.1, -0.05) is 25.4 Å². The molecule has 112 valence electrons. The molecule has 0 spiro atoms.